The van der Waals surface area contributed by atoms with Crippen LogP contribution in [-0.2, 0) is 0 Å². The van der Waals surface area contributed by atoms with Crippen LogP contribution in [0.1, 0.15) is 170 Å². The molecule has 0 heterocycles. The summed E-state index contributed by atoms with van der Waals surface area (Å²) in [5, 5.41) is 0. The van der Waals surface area contributed by atoms with Crippen molar-refractivity contribution < 1.29 is 4.32 Å². The maximum Gasteiger partial charge on any atom is 0.342 e. The van der Waals surface area contributed by atoms with Crippen molar-refractivity contribution in [3.8, 4) is 0 Å². The molecule has 0 fully saturated rings. The highest BCUT2D eigenvalue weighted by Crippen LogP contribution is 2.13. The Bertz CT molecular complexity index is 314. The molecular formula is C31H68BFS. The van der Waals surface area contributed by atoms with Crippen LogP contribution in [0.2, 0.25) is 13.6 Å². The first-order valence-corrected chi connectivity index (χ1v) is 15.5. The molecular weight excluding hydrogens is 434 g/mol. The van der Waals surface area contributed by atoms with Crippen LogP contribution in [-0.4, -0.2) is 11.9 Å². The summed E-state index contributed by atoms with van der Waals surface area (Å²) >= 11 is 5.08. The van der Waals surface area contributed by atoms with Crippen molar-refractivity contribution in [2.75, 3.05) is 0 Å². The van der Waals surface area contributed by atoms with Gasteiger partial charge in [0.15, 0.2) is 0 Å². The summed E-state index contributed by atoms with van der Waals surface area (Å²) < 4.78 is 11.0. The van der Waals surface area contributed by atoms with Gasteiger partial charge in [0.25, 0.3) is 0 Å². The van der Waals surface area contributed by atoms with Gasteiger partial charge < -0.3 is 4.32 Å². The summed E-state index contributed by atoms with van der Waals surface area (Å²) in [5.74, 6) is 0. The van der Waals surface area contributed by atoms with Gasteiger partial charge in [-0.25, -0.2) is 0 Å². The molecule has 34 heavy (non-hydrogen) atoms. The predicted octanol–water partition coefficient (Wildman–Crippen LogP) is 13.3. The van der Waals surface area contributed by atoms with Crippen molar-refractivity contribution in [3.63, 3.8) is 0 Å². The van der Waals surface area contributed by atoms with Gasteiger partial charge in [-0.15, -0.1) is 6.58 Å². The minimum Gasteiger partial charge on any atom is -0.337 e. The number of unbranched alkanes of at least 4 members (excludes halogenated alkanes) is 15. The summed E-state index contributed by atoms with van der Waals surface area (Å²) in [7, 11) is 0. The molecule has 0 aliphatic rings. The van der Waals surface area contributed by atoms with Crippen molar-refractivity contribution in [2.24, 2.45) is 0 Å². The Kier molecular flexibility index (Phi) is 64.3. The Morgan fingerprint density at radius 1 is 0.647 bits per heavy atom. The number of rotatable bonds is 18. The molecule has 0 saturated carbocycles. The minimum atomic E-state index is -0.667. The lowest BCUT2D eigenvalue weighted by Crippen LogP contribution is -1.87. The average molecular weight is 503 g/mol. The lowest BCUT2D eigenvalue weighted by molar-refractivity contribution is 0.541. The Balaban J connectivity index is -0.000000142. The highest BCUT2D eigenvalue weighted by atomic mass is 32.1. The second-order valence-electron chi connectivity index (χ2n) is 9.14. The van der Waals surface area contributed by atoms with Crippen LogP contribution in [0.5, 0.6) is 0 Å². The van der Waals surface area contributed by atoms with Gasteiger partial charge in [-0.05, 0) is 31.1 Å². The van der Waals surface area contributed by atoms with Crippen LogP contribution < -0.4 is 0 Å². The molecule has 0 saturated heterocycles. The highest BCUT2D eigenvalue weighted by molar-refractivity contribution is 7.80. The third kappa shape index (κ3) is 85.3. The van der Waals surface area contributed by atoms with Gasteiger partial charge in [-0.1, -0.05) is 176 Å². The van der Waals surface area contributed by atoms with Crippen LogP contribution in [0.3, 0.4) is 0 Å². The smallest absolute Gasteiger partial charge is 0.337 e. The van der Waals surface area contributed by atoms with Gasteiger partial charge in [0.2, 0.25) is 0 Å². The van der Waals surface area contributed by atoms with E-state index in [0.717, 1.165) is 6.42 Å². The first kappa shape index (κ1) is 43.9. The third-order valence-corrected chi connectivity index (χ3v) is 5.10. The van der Waals surface area contributed by atoms with E-state index in [2.05, 4.69) is 41.2 Å². The van der Waals surface area contributed by atoms with E-state index in [0.29, 0.717) is 0 Å². The number of thiocarbonyl (C=S) groups is 1. The molecule has 3 heteroatoms. The molecule has 0 spiro atoms. The third-order valence-electron chi connectivity index (χ3n) is 4.89. The van der Waals surface area contributed by atoms with E-state index in [9.17, 15) is 4.32 Å². The molecule has 0 atom stereocenters. The second-order valence-corrected chi connectivity index (χ2v) is 9.84. The zero-order valence-corrected chi connectivity index (χ0v) is 26.4. The van der Waals surface area contributed by atoms with Crippen molar-refractivity contribution in [2.45, 2.75) is 184 Å². The summed E-state index contributed by atoms with van der Waals surface area (Å²) in [6.07, 6.45) is 28.1. The summed E-state index contributed by atoms with van der Waals surface area (Å²) in [6.45, 7) is 20.8. The molecule has 0 nitrogen and oxygen atoms in total. The van der Waals surface area contributed by atoms with Gasteiger partial charge >= 0.3 is 6.99 Å². The Morgan fingerprint density at radius 3 is 1.15 bits per heavy atom. The maximum absolute atomic E-state index is 11.0. The quantitative estimate of drug-likeness (QED) is 0.0777. The SMILES string of the molecule is C=CCCCC.CB(C)F.CC.CCCC.CCCCCCCCCCCCCCCC(C)=S. The number of allylic oxidation sites excluding steroid dienone is 1. The van der Waals surface area contributed by atoms with Crippen LogP contribution >= 0.6 is 12.2 Å². The zero-order chi connectivity index (χ0) is 27.3. The van der Waals surface area contributed by atoms with Crippen LogP contribution in [0.25, 0.3) is 0 Å². The Hall–Kier alpha value is -0.175. The van der Waals surface area contributed by atoms with Crippen LogP contribution in [0, 0.1) is 0 Å². The molecule has 0 aromatic rings. The van der Waals surface area contributed by atoms with Crippen molar-refractivity contribution in [1.29, 1.82) is 0 Å². The molecule has 0 bridgehead atoms. The van der Waals surface area contributed by atoms with E-state index in [1.54, 1.807) is 0 Å². The van der Waals surface area contributed by atoms with E-state index in [-0.39, 0.29) is 0 Å². The summed E-state index contributed by atoms with van der Waals surface area (Å²) in [6, 6.07) is 0. The predicted molar refractivity (Wildman–Crippen MR) is 169 cm³/mol. The molecule has 0 rings (SSSR count). The van der Waals surface area contributed by atoms with E-state index in [1.165, 1.54) is 134 Å². The van der Waals surface area contributed by atoms with Crippen molar-refractivity contribution >= 4 is 24.1 Å². The van der Waals surface area contributed by atoms with E-state index in [1.807, 2.05) is 19.9 Å². The fraction of sp³-hybridized carbons (Fsp3) is 0.903. The molecule has 0 aromatic heterocycles. The van der Waals surface area contributed by atoms with E-state index >= 15 is 0 Å². The van der Waals surface area contributed by atoms with Gasteiger partial charge in [-0.2, -0.15) is 0 Å². The van der Waals surface area contributed by atoms with Gasteiger partial charge in [0.05, 0.1) is 0 Å². The van der Waals surface area contributed by atoms with Crippen LogP contribution in [0.15, 0.2) is 12.7 Å². The first-order chi connectivity index (χ1) is 16.3. The standard InChI is InChI=1S/C17H34S.C6H12.C4H10.C2H6BF.C2H6/c1-3-4-5-6-7-8-9-10-11-12-13-14-15-16-17(2)18;1-3-5-6-4-2;1-3-4-2;1-3(2)4;1-2/h3-16H2,1-2H3;3H,1,4-6H2,2H3;3-4H2,1-2H3;1-2H3;1-2H3. The second kappa shape index (κ2) is 49.8. The normalized spacial score (nSPS) is 9.00. The lowest BCUT2D eigenvalue weighted by atomic mass is 9.80. The number of halogens is 1. The topological polar surface area (TPSA) is 0 Å². The van der Waals surface area contributed by atoms with Gasteiger partial charge in [0, 0.05) is 0 Å². The summed E-state index contributed by atoms with van der Waals surface area (Å²) in [4.78, 5) is 1.18. The number of hydrogen-bond donors (Lipinski definition) is 0. The maximum atomic E-state index is 11.0. The zero-order valence-electron chi connectivity index (χ0n) is 25.6. The molecule has 0 amide bonds. The monoisotopic (exact) mass is 503 g/mol. The first-order valence-electron chi connectivity index (χ1n) is 15.1. The molecule has 0 radical (unpaired) electrons. The van der Waals surface area contributed by atoms with E-state index < -0.39 is 6.99 Å². The molecule has 0 unspecified atom stereocenters. The van der Waals surface area contributed by atoms with Crippen LogP contribution in [0.4, 0.5) is 4.32 Å². The largest absolute Gasteiger partial charge is 0.342 e. The Labute approximate surface area is 224 Å². The van der Waals surface area contributed by atoms with Crippen molar-refractivity contribution in [1.82, 2.24) is 0 Å². The molecule has 0 aliphatic carbocycles. The summed E-state index contributed by atoms with van der Waals surface area (Å²) in [5.41, 5.74) is 0. The molecule has 208 valence electrons. The van der Waals surface area contributed by atoms with Crippen molar-refractivity contribution in [3.05, 3.63) is 12.7 Å². The van der Waals surface area contributed by atoms with Gasteiger partial charge in [0.1, 0.15) is 0 Å². The lowest BCUT2D eigenvalue weighted by Gasteiger charge is -2.02. The molecule has 0 aliphatic heterocycles. The average Bonchev–Trinajstić information content (AvgIpc) is 2.82. The van der Waals surface area contributed by atoms with Gasteiger partial charge in [-0.3, -0.25) is 0 Å². The minimum absolute atomic E-state index is 0.667. The fourth-order valence-corrected chi connectivity index (χ4v) is 2.88. The highest BCUT2D eigenvalue weighted by Gasteiger charge is 1.94. The Morgan fingerprint density at radius 2 is 0.941 bits per heavy atom. The molecule has 0 N–H and O–H groups in total. The van der Waals surface area contributed by atoms with E-state index in [4.69, 9.17) is 12.2 Å². The number of hydrogen-bond acceptors (Lipinski definition) is 1. The molecule has 0 aromatic carbocycles. The fourth-order valence-electron chi connectivity index (χ4n) is 2.74.